The van der Waals surface area contributed by atoms with Crippen LogP contribution in [-0.4, -0.2) is 30.1 Å². The molecule has 0 aliphatic rings. The van der Waals surface area contributed by atoms with E-state index in [0.717, 1.165) is 38.6 Å². The van der Waals surface area contributed by atoms with Gasteiger partial charge in [0.1, 0.15) is 5.69 Å². The lowest BCUT2D eigenvalue weighted by Gasteiger charge is -2.08. The van der Waals surface area contributed by atoms with Crippen LogP contribution in [0.25, 0.3) is 61.4 Å². The van der Waals surface area contributed by atoms with Gasteiger partial charge in [0.25, 0.3) is 0 Å². The summed E-state index contributed by atoms with van der Waals surface area (Å²) in [5.41, 5.74) is 7.03. The molecule has 0 saturated heterocycles. The van der Waals surface area contributed by atoms with Crippen LogP contribution in [0.15, 0.2) is 88.2 Å². The maximum atomic E-state index is 5.97. The summed E-state index contributed by atoms with van der Waals surface area (Å²) in [7, 11) is 0. The third-order valence-corrected chi connectivity index (χ3v) is 6.04. The minimum atomic E-state index is 0.584. The first-order chi connectivity index (χ1) is 16.8. The van der Waals surface area contributed by atoms with E-state index >= 15 is 0 Å². The van der Waals surface area contributed by atoms with Crippen molar-refractivity contribution in [3.8, 4) is 28.5 Å². The average Bonchev–Trinajstić information content (AvgIpc) is 3.60. The number of rotatable bonds is 3. The number of aromatic nitrogens is 6. The van der Waals surface area contributed by atoms with Crippen molar-refractivity contribution < 1.29 is 9.05 Å². The van der Waals surface area contributed by atoms with Gasteiger partial charge in [-0.05, 0) is 48.9 Å². The van der Waals surface area contributed by atoms with Crippen molar-refractivity contribution in [3.05, 3.63) is 84.7 Å². The predicted molar refractivity (Wildman–Crippen MR) is 127 cm³/mol. The van der Waals surface area contributed by atoms with Crippen molar-refractivity contribution in [1.29, 1.82) is 0 Å². The minimum absolute atomic E-state index is 0.584. The summed E-state index contributed by atoms with van der Waals surface area (Å²) in [4.78, 5) is 4.94. The molecule has 4 heterocycles. The molecule has 0 saturated carbocycles. The van der Waals surface area contributed by atoms with E-state index in [4.69, 9.17) is 14.0 Å². The molecule has 0 bridgehead atoms. The number of nitrogens with zero attached hydrogens (tertiary/aromatic N) is 6. The second-order valence-corrected chi connectivity index (χ2v) is 8.05. The number of hydrogen-bond acceptors (Lipinski definition) is 7. The van der Waals surface area contributed by atoms with Crippen LogP contribution in [0.4, 0.5) is 0 Å². The van der Waals surface area contributed by atoms with Gasteiger partial charge < -0.3 is 9.05 Å². The number of hydrogen-bond donors (Lipinski definition) is 0. The van der Waals surface area contributed by atoms with Crippen molar-refractivity contribution >= 4 is 33.0 Å². The fourth-order valence-electron chi connectivity index (χ4n) is 4.47. The molecule has 7 aromatic rings. The maximum Gasteiger partial charge on any atom is 0.178 e. The Balaban J connectivity index is 1.59. The molecule has 0 amide bonds. The molecular formula is C26H16N6O2. The smallest absolute Gasteiger partial charge is 0.178 e. The fourth-order valence-corrected chi connectivity index (χ4v) is 4.47. The first kappa shape index (κ1) is 18.7. The van der Waals surface area contributed by atoms with Crippen LogP contribution < -0.4 is 0 Å². The van der Waals surface area contributed by atoms with E-state index in [-0.39, 0.29) is 0 Å². The molecule has 0 aliphatic carbocycles. The predicted octanol–water partition coefficient (Wildman–Crippen LogP) is 5.74. The Kier molecular flexibility index (Phi) is 3.89. The zero-order valence-corrected chi connectivity index (χ0v) is 18.0. The zero-order chi connectivity index (χ0) is 22.6. The SMILES string of the molecule is Cc1ccnnc1-c1c2cnoc2cc2c(-c3nc4ccccc4n3-c3ccccc3)noc12. The van der Waals surface area contributed by atoms with E-state index in [9.17, 15) is 0 Å². The second-order valence-electron chi connectivity index (χ2n) is 8.05. The van der Waals surface area contributed by atoms with Crippen molar-refractivity contribution in [1.82, 2.24) is 30.1 Å². The van der Waals surface area contributed by atoms with Gasteiger partial charge in [-0.2, -0.15) is 10.2 Å². The van der Waals surface area contributed by atoms with Crippen LogP contribution in [-0.2, 0) is 0 Å². The van der Waals surface area contributed by atoms with Crippen LogP contribution in [0.2, 0.25) is 0 Å². The Morgan fingerprint density at radius 1 is 0.853 bits per heavy atom. The van der Waals surface area contributed by atoms with Crippen LogP contribution in [0.5, 0.6) is 0 Å². The van der Waals surface area contributed by atoms with Crippen molar-refractivity contribution in [3.63, 3.8) is 0 Å². The highest BCUT2D eigenvalue weighted by Gasteiger charge is 2.25. The molecule has 0 radical (unpaired) electrons. The van der Waals surface area contributed by atoms with Crippen LogP contribution in [0, 0.1) is 6.92 Å². The summed E-state index contributed by atoms with van der Waals surface area (Å²) in [6, 6.07) is 21.9. The Hall–Kier alpha value is -4.85. The van der Waals surface area contributed by atoms with Crippen LogP contribution in [0.3, 0.4) is 0 Å². The molecule has 0 aliphatic heterocycles. The van der Waals surface area contributed by atoms with Gasteiger partial charge in [-0.3, -0.25) is 4.57 Å². The summed E-state index contributed by atoms with van der Waals surface area (Å²) >= 11 is 0. The van der Waals surface area contributed by atoms with Gasteiger partial charge in [-0.15, -0.1) is 0 Å². The lowest BCUT2D eigenvalue weighted by molar-refractivity contribution is 0.456. The molecule has 4 aromatic heterocycles. The summed E-state index contributed by atoms with van der Waals surface area (Å²) in [6.45, 7) is 1.98. The number of aryl methyl sites for hydroxylation is 1. The molecule has 0 atom stereocenters. The van der Waals surface area contributed by atoms with Crippen molar-refractivity contribution in [2.45, 2.75) is 6.92 Å². The molecule has 7 rings (SSSR count). The minimum Gasteiger partial charge on any atom is -0.356 e. The van der Waals surface area contributed by atoms with E-state index in [1.165, 1.54) is 0 Å². The van der Waals surface area contributed by atoms with Gasteiger partial charge >= 0.3 is 0 Å². The number of fused-ring (bicyclic) bond motifs is 3. The Bertz CT molecular complexity index is 1830. The molecule has 8 heteroatoms. The molecular weight excluding hydrogens is 428 g/mol. The van der Waals surface area contributed by atoms with Crippen LogP contribution in [0.1, 0.15) is 5.56 Å². The summed E-state index contributed by atoms with van der Waals surface area (Å²) in [5, 5.41) is 18.5. The van der Waals surface area contributed by atoms with Gasteiger partial charge in [0, 0.05) is 11.9 Å². The van der Waals surface area contributed by atoms with E-state index in [2.05, 4.69) is 25.1 Å². The van der Waals surface area contributed by atoms with E-state index < -0.39 is 0 Å². The number of para-hydroxylation sites is 3. The zero-order valence-electron chi connectivity index (χ0n) is 18.0. The lowest BCUT2D eigenvalue weighted by atomic mass is 10.0. The average molecular weight is 444 g/mol. The highest BCUT2D eigenvalue weighted by molar-refractivity contribution is 6.11. The molecule has 8 nitrogen and oxygen atoms in total. The van der Waals surface area contributed by atoms with Gasteiger partial charge in [-0.25, -0.2) is 4.98 Å². The summed E-state index contributed by atoms with van der Waals surface area (Å²) in [5.74, 6) is 0.673. The Morgan fingerprint density at radius 2 is 1.71 bits per heavy atom. The lowest BCUT2D eigenvalue weighted by Crippen LogP contribution is -1.97. The van der Waals surface area contributed by atoms with Crippen molar-refractivity contribution in [2.24, 2.45) is 0 Å². The molecule has 0 N–H and O–H groups in total. The van der Waals surface area contributed by atoms with Gasteiger partial charge in [0.2, 0.25) is 0 Å². The van der Waals surface area contributed by atoms with E-state index in [0.29, 0.717) is 28.4 Å². The second kappa shape index (κ2) is 7.08. The molecule has 0 unspecified atom stereocenters. The van der Waals surface area contributed by atoms with E-state index in [1.54, 1.807) is 12.4 Å². The summed E-state index contributed by atoms with van der Waals surface area (Å²) in [6.07, 6.45) is 3.33. The normalized spacial score (nSPS) is 11.7. The Morgan fingerprint density at radius 3 is 2.59 bits per heavy atom. The topological polar surface area (TPSA) is 95.7 Å². The fraction of sp³-hybridized carbons (Fsp3) is 0.0385. The first-order valence-corrected chi connectivity index (χ1v) is 10.8. The van der Waals surface area contributed by atoms with Crippen molar-refractivity contribution in [2.75, 3.05) is 0 Å². The monoisotopic (exact) mass is 444 g/mol. The van der Waals surface area contributed by atoms with Gasteiger partial charge in [0.05, 0.1) is 33.6 Å². The Labute approximate surface area is 192 Å². The van der Waals surface area contributed by atoms with E-state index in [1.807, 2.05) is 73.7 Å². The molecule has 162 valence electrons. The highest BCUT2D eigenvalue weighted by Crippen LogP contribution is 2.41. The van der Waals surface area contributed by atoms with Gasteiger partial charge in [-0.1, -0.05) is 40.6 Å². The summed E-state index contributed by atoms with van der Waals surface area (Å²) < 4.78 is 13.6. The largest absolute Gasteiger partial charge is 0.356 e. The van der Waals surface area contributed by atoms with Gasteiger partial charge in [0.15, 0.2) is 22.7 Å². The van der Waals surface area contributed by atoms with Crippen LogP contribution >= 0.6 is 0 Å². The molecule has 0 fully saturated rings. The first-order valence-electron chi connectivity index (χ1n) is 10.8. The third-order valence-electron chi connectivity index (χ3n) is 6.04. The molecule has 34 heavy (non-hydrogen) atoms. The number of benzene rings is 3. The number of imidazole rings is 1. The highest BCUT2D eigenvalue weighted by atomic mass is 16.5. The standard InChI is InChI=1S/C26H16N6O2/c1-15-11-12-27-30-23(15)22-18-14-28-33-21(18)13-17-24(31-34-25(17)22)26-29-19-9-5-6-10-20(19)32(26)16-7-3-2-4-8-16/h2-14H,1H3. The third kappa shape index (κ3) is 2.62. The quantitative estimate of drug-likeness (QED) is 0.343. The molecule has 3 aromatic carbocycles. The molecule has 0 spiro atoms. The maximum absolute atomic E-state index is 5.97.